The van der Waals surface area contributed by atoms with E-state index in [2.05, 4.69) is 21.8 Å². The van der Waals surface area contributed by atoms with Crippen LogP contribution in [-0.4, -0.2) is 47.7 Å². The molecule has 110 valence electrons. The maximum Gasteiger partial charge on any atom is 0.258 e. The molecule has 2 aromatic heterocycles. The van der Waals surface area contributed by atoms with Crippen molar-refractivity contribution in [2.75, 3.05) is 43.9 Å². The molecule has 2 aromatic rings. The lowest BCUT2D eigenvalue weighted by molar-refractivity contribution is 0.313. The third kappa shape index (κ3) is 2.90. The molecular formula is C15H19N5O. The van der Waals surface area contributed by atoms with Crippen molar-refractivity contribution in [1.29, 1.82) is 0 Å². The smallest absolute Gasteiger partial charge is 0.258 e. The molecule has 2 N–H and O–H groups in total. The van der Waals surface area contributed by atoms with Crippen LogP contribution in [0.2, 0.25) is 0 Å². The van der Waals surface area contributed by atoms with Crippen LogP contribution in [0.25, 0.3) is 5.82 Å². The molecule has 6 heteroatoms. The first kappa shape index (κ1) is 13.6. The number of anilines is 2. The number of nitrogens with two attached hydrogens (primary N) is 1. The zero-order chi connectivity index (χ0) is 14.8. The van der Waals surface area contributed by atoms with Crippen molar-refractivity contribution in [1.82, 2.24) is 14.5 Å². The Bertz CT molecular complexity index is 671. The molecule has 0 radical (unpaired) electrons. The maximum atomic E-state index is 12.3. The van der Waals surface area contributed by atoms with Crippen molar-refractivity contribution in [2.45, 2.75) is 0 Å². The Balaban J connectivity index is 1.86. The fraction of sp³-hybridized carbons (Fsp3) is 0.333. The summed E-state index contributed by atoms with van der Waals surface area (Å²) >= 11 is 0. The summed E-state index contributed by atoms with van der Waals surface area (Å²) in [6.45, 7) is 3.92. The summed E-state index contributed by atoms with van der Waals surface area (Å²) in [6.07, 6.45) is 3.32. The van der Waals surface area contributed by atoms with Gasteiger partial charge in [-0.3, -0.25) is 9.36 Å². The molecule has 0 unspecified atom stereocenters. The molecule has 0 amide bonds. The number of hydrogen-bond donors (Lipinski definition) is 1. The van der Waals surface area contributed by atoms with Gasteiger partial charge < -0.3 is 15.5 Å². The third-order valence-electron chi connectivity index (χ3n) is 3.79. The van der Waals surface area contributed by atoms with Gasteiger partial charge in [0.1, 0.15) is 5.82 Å². The maximum absolute atomic E-state index is 12.3. The lowest BCUT2D eigenvalue weighted by atomic mass is 10.2. The second kappa shape index (κ2) is 5.57. The fourth-order valence-electron chi connectivity index (χ4n) is 2.46. The van der Waals surface area contributed by atoms with Gasteiger partial charge in [-0.2, -0.15) is 0 Å². The molecule has 0 atom stereocenters. The summed E-state index contributed by atoms with van der Waals surface area (Å²) < 4.78 is 1.53. The molecule has 3 rings (SSSR count). The second-order valence-corrected chi connectivity index (χ2v) is 5.33. The molecule has 3 heterocycles. The van der Waals surface area contributed by atoms with Gasteiger partial charge in [0.15, 0.2) is 0 Å². The standard InChI is InChI=1S/C15H19N5O/c1-18-6-8-19(9-7-18)13-4-5-20(15(21)10-13)14-3-2-12(16)11-17-14/h2-5,10-11H,6-9,16H2,1H3. The Morgan fingerprint density at radius 2 is 1.90 bits per heavy atom. The summed E-state index contributed by atoms with van der Waals surface area (Å²) in [7, 11) is 2.11. The molecule has 21 heavy (non-hydrogen) atoms. The van der Waals surface area contributed by atoms with Crippen LogP contribution >= 0.6 is 0 Å². The first-order chi connectivity index (χ1) is 10.1. The van der Waals surface area contributed by atoms with E-state index in [1.807, 2.05) is 6.07 Å². The number of piperazine rings is 1. The lowest BCUT2D eigenvalue weighted by Gasteiger charge is -2.33. The van der Waals surface area contributed by atoms with Gasteiger partial charge in [0.05, 0.1) is 11.9 Å². The topological polar surface area (TPSA) is 67.4 Å². The van der Waals surface area contributed by atoms with Gasteiger partial charge in [0, 0.05) is 44.1 Å². The number of rotatable bonds is 2. The molecule has 1 fully saturated rings. The van der Waals surface area contributed by atoms with E-state index in [4.69, 9.17) is 5.73 Å². The van der Waals surface area contributed by atoms with Gasteiger partial charge in [-0.05, 0) is 25.2 Å². The van der Waals surface area contributed by atoms with Crippen LogP contribution in [0.4, 0.5) is 11.4 Å². The first-order valence-corrected chi connectivity index (χ1v) is 7.01. The van der Waals surface area contributed by atoms with Crippen LogP contribution in [0, 0.1) is 0 Å². The van der Waals surface area contributed by atoms with Gasteiger partial charge in [-0.1, -0.05) is 0 Å². The number of pyridine rings is 2. The summed E-state index contributed by atoms with van der Waals surface area (Å²) in [5, 5.41) is 0. The number of aromatic nitrogens is 2. The number of likely N-dealkylation sites (N-methyl/N-ethyl adjacent to an activating group) is 1. The Morgan fingerprint density at radius 1 is 1.14 bits per heavy atom. The van der Waals surface area contributed by atoms with Crippen LogP contribution < -0.4 is 16.2 Å². The Hall–Kier alpha value is -2.34. The minimum atomic E-state index is -0.0799. The zero-order valence-corrected chi connectivity index (χ0v) is 12.1. The SMILES string of the molecule is CN1CCN(c2ccn(-c3ccc(N)cn3)c(=O)c2)CC1. The zero-order valence-electron chi connectivity index (χ0n) is 12.1. The minimum absolute atomic E-state index is 0.0799. The third-order valence-corrected chi connectivity index (χ3v) is 3.79. The quantitative estimate of drug-likeness (QED) is 0.873. The predicted molar refractivity (Wildman–Crippen MR) is 84.0 cm³/mol. The highest BCUT2D eigenvalue weighted by molar-refractivity contribution is 5.47. The molecule has 1 saturated heterocycles. The predicted octanol–water partition coefficient (Wildman–Crippen LogP) is 0.566. The van der Waals surface area contributed by atoms with Gasteiger partial charge in [0.2, 0.25) is 0 Å². The minimum Gasteiger partial charge on any atom is -0.397 e. The molecule has 1 aliphatic rings. The number of hydrogen-bond acceptors (Lipinski definition) is 5. The van der Waals surface area contributed by atoms with Crippen molar-refractivity contribution in [3.8, 4) is 5.82 Å². The van der Waals surface area contributed by atoms with E-state index < -0.39 is 0 Å². The van der Waals surface area contributed by atoms with E-state index in [1.165, 1.54) is 4.57 Å². The average Bonchev–Trinajstić information content (AvgIpc) is 2.49. The van der Waals surface area contributed by atoms with E-state index in [0.29, 0.717) is 11.5 Å². The largest absolute Gasteiger partial charge is 0.397 e. The summed E-state index contributed by atoms with van der Waals surface area (Å²) in [5.41, 5.74) is 7.09. The van der Waals surface area contributed by atoms with Crippen molar-refractivity contribution >= 4 is 11.4 Å². The number of nitrogen functional groups attached to an aromatic ring is 1. The van der Waals surface area contributed by atoms with Crippen molar-refractivity contribution < 1.29 is 0 Å². The average molecular weight is 285 g/mol. The van der Waals surface area contributed by atoms with Gasteiger partial charge >= 0.3 is 0 Å². The highest BCUT2D eigenvalue weighted by atomic mass is 16.1. The van der Waals surface area contributed by atoms with Gasteiger partial charge in [0.25, 0.3) is 5.56 Å². The summed E-state index contributed by atoms with van der Waals surface area (Å²) in [5.74, 6) is 0.583. The highest BCUT2D eigenvalue weighted by Crippen LogP contribution is 2.14. The van der Waals surface area contributed by atoms with Crippen molar-refractivity contribution in [2.24, 2.45) is 0 Å². The lowest BCUT2D eigenvalue weighted by Crippen LogP contribution is -2.44. The van der Waals surface area contributed by atoms with Crippen LogP contribution in [0.15, 0.2) is 41.5 Å². The summed E-state index contributed by atoms with van der Waals surface area (Å²) in [6, 6.07) is 7.11. The summed E-state index contributed by atoms with van der Waals surface area (Å²) in [4.78, 5) is 21.0. The molecule has 0 saturated carbocycles. The van der Waals surface area contributed by atoms with Crippen LogP contribution in [-0.2, 0) is 0 Å². The van der Waals surface area contributed by atoms with Crippen LogP contribution in [0.3, 0.4) is 0 Å². The Morgan fingerprint density at radius 3 is 2.52 bits per heavy atom. The van der Waals surface area contributed by atoms with Crippen molar-refractivity contribution in [3.63, 3.8) is 0 Å². The van der Waals surface area contributed by atoms with Crippen molar-refractivity contribution in [3.05, 3.63) is 47.0 Å². The highest BCUT2D eigenvalue weighted by Gasteiger charge is 2.15. The number of nitrogens with zero attached hydrogens (tertiary/aromatic N) is 4. The molecule has 0 spiro atoms. The van der Waals surface area contributed by atoms with Crippen LogP contribution in [0.5, 0.6) is 0 Å². The van der Waals surface area contributed by atoms with E-state index in [0.717, 1.165) is 31.9 Å². The molecule has 6 nitrogen and oxygen atoms in total. The Labute approximate surface area is 123 Å². The Kier molecular flexibility index (Phi) is 3.62. The fourth-order valence-corrected chi connectivity index (χ4v) is 2.46. The second-order valence-electron chi connectivity index (χ2n) is 5.33. The van der Waals surface area contributed by atoms with E-state index >= 15 is 0 Å². The van der Waals surface area contributed by atoms with Crippen LogP contribution in [0.1, 0.15) is 0 Å². The monoisotopic (exact) mass is 285 g/mol. The van der Waals surface area contributed by atoms with E-state index in [-0.39, 0.29) is 5.56 Å². The molecule has 0 aliphatic carbocycles. The molecule has 0 bridgehead atoms. The molecular weight excluding hydrogens is 266 g/mol. The van der Waals surface area contributed by atoms with E-state index in [1.54, 1.807) is 30.6 Å². The van der Waals surface area contributed by atoms with Gasteiger partial charge in [-0.25, -0.2) is 4.98 Å². The molecule has 1 aliphatic heterocycles. The van der Waals surface area contributed by atoms with E-state index in [9.17, 15) is 4.79 Å². The molecule has 0 aromatic carbocycles. The first-order valence-electron chi connectivity index (χ1n) is 7.01. The van der Waals surface area contributed by atoms with Gasteiger partial charge in [-0.15, -0.1) is 0 Å². The normalized spacial score (nSPS) is 16.1.